The van der Waals surface area contributed by atoms with Crippen LogP contribution in [-0.2, 0) is 39.9 Å². The summed E-state index contributed by atoms with van der Waals surface area (Å²) < 4.78 is 25.5. The number of nitrogens with one attached hydrogen (secondary N) is 1. The van der Waals surface area contributed by atoms with E-state index in [4.69, 9.17) is 23.8 Å². The highest BCUT2D eigenvalue weighted by molar-refractivity contribution is 5.93. The van der Waals surface area contributed by atoms with Crippen molar-refractivity contribution in [3.05, 3.63) is 41.5 Å². The highest BCUT2D eigenvalue weighted by Crippen LogP contribution is 2.58. The lowest BCUT2D eigenvalue weighted by Crippen LogP contribution is -2.69. The number of benzene rings is 1. The smallest absolute Gasteiger partial charge is 0.327 e. The van der Waals surface area contributed by atoms with Crippen LogP contribution < -0.4 is 5.32 Å². The Hall–Kier alpha value is -2.34. The number of rotatable bonds is 15. The third kappa shape index (κ3) is 6.42. The van der Waals surface area contributed by atoms with Crippen molar-refractivity contribution >= 4 is 18.0 Å². The van der Waals surface area contributed by atoms with Gasteiger partial charge in [0.05, 0.1) is 25.4 Å². The summed E-state index contributed by atoms with van der Waals surface area (Å²) in [4.78, 5) is 34.6. The van der Waals surface area contributed by atoms with Crippen LogP contribution in [0.5, 0.6) is 0 Å². The first-order valence-corrected chi connectivity index (χ1v) is 18.2. The van der Waals surface area contributed by atoms with Gasteiger partial charge in [0, 0.05) is 25.8 Å². The molecule has 2 aliphatic carbocycles. The zero-order valence-corrected chi connectivity index (χ0v) is 27.9. The molecule has 10 heteroatoms. The summed E-state index contributed by atoms with van der Waals surface area (Å²) >= 11 is 0. The molecule has 0 aromatic heterocycles. The van der Waals surface area contributed by atoms with E-state index in [0.29, 0.717) is 24.7 Å². The van der Waals surface area contributed by atoms with Gasteiger partial charge in [-0.3, -0.25) is 14.4 Å². The molecule has 4 aliphatic heterocycles. The molecule has 7 rings (SSSR count). The topological polar surface area (TPSA) is 119 Å². The molecule has 6 aliphatic rings. The zero-order chi connectivity index (χ0) is 32.6. The standard InChI is InChI=1S/C37H52N2O8/c1-3-5-7-17-36(18-8-6-4-2)45-30-29-22-37(35(42)38-19-20-40)32(34(41)44-29)39(47-33(37)31(30)46-36)23-26-13-10-24(11-14-26)9-12-25-15-16-27-28(21-25)43-27/h9-14,25,27-33,40H,3-8,15-23H2,1-2H3,(H,38,42). The van der Waals surface area contributed by atoms with E-state index >= 15 is 0 Å². The van der Waals surface area contributed by atoms with E-state index in [9.17, 15) is 14.7 Å². The van der Waals surface area contributed by atoms with Crippen LogP contribution in [0.25, 0.3) is 6.08 Å². The number of fused-ring (bicyclic) bond motifs is 5. The summed E-state index contributed by atoms with van der Waals surface area (Å²) in [6, 6.07) is 7.31. The van der Waals surface area contributed by atoms with Crippen LogP contribution >= 0.6 is 0 Å². The third-order valence-corrected chi connectivity index (χ3v) is 11.3. The summed E-state index contributed by atoms with van der Waals surface area (Å²) in [5.41, 5.74) is 0.850. The van der Waals surface area contributed by atoms with Crippen molar-refractivity contribution in [2.24, 2.45) is 11.3 Å². The van der Waals surface area contributed by atoms with E-state index < -0.39 is 47.6 Å². The van der Waals surface area contributed by atoms with Gasteiger partial charge in [-0.05, 0) is 49.1 Å². The SMILES string of the molecule is CCCCCC1(CCCCC)OC2C3CC4(C(=O)NCCO)C(ON(Cc5ccc(C=CC6CCC7OC7C6)cc5)C4C(=O)O3)C2O1. The average Bonchev–Trinajstić information content (AvgIpc) is 3.62. The molecule has 9 unspecified atom stereocenters. The highest BCUT2D eigenvalue weighted by atomic mass is 16.8. The van der Waals surface area contributed by atoms with Crippen molar-refractivity contribution in [1.82, 2.24) is 10.4 Å². The molecule has 1 aromatic carbocycles. The first kappa shape index (κ1) is 33.2. The predicted molar refractivity (Wildman–Crippen MR) is 173 cm³/mol. The summed E-state index contributed by atoms with van der Waals surface area (Å²) in [6.45, 7) is 4.55. The number of epoxide rings is 1. The van der Waals surface area contributed by atoms with Gasteiger partial charge in [-0.25, -0.2) is 0 Å². The lowest BCUT2D eigenvalue weighted by molar-refractivity contribution is -0.224. The van der Waals surface area contributed by atoms with E-state index in [-0.39, 0.29) is 25.5 Å². The molecule has 1 aromatic rings. The Kier molecular flexibility index (Phi) is 9.80. The Labute approximate surface area is 278 Å². The second-order valence-electron chi connectivity index (χ2n) is 14.6. The lowest BCUT2D eigenvalue weighted by Gasteiger charge is -2.48. The van der Waals surface area contributed by atoms with Gasteiger partial charge in [0.1, 0.15) is 29.8 Å². The van der Waals surface area contributed by atoms with Gasteiger partial charge in [-0.1, -0.05) is 75.9 Å². The van der Waals surface area contributed by atoms with Gasteiger partial charge in [0.2, 0.25) is 5.91 Å². The molecule has 0 radical (unpaired) electrons. The van der Waals surface area contributed by atoms with Crippen LogP contribution in [-0.4, -0.2) is 83.7 Å². The molecule has 2 bridgehead atoms. The predicted octanol–water partition coefficient (Wildman–Crippen LogP) is 4.82. The van der Waals surface area contributed by atoms with Crippen molar-refractivity contribution in [2.75, 3.05) is 13.2 Å². The number of nitrogens with zero attached hydrogens (tertiary/aromatic N) is 1. The number of esters is 1. The number of hydroxylamine groups is 2. The molecule has 258 valence electrons. The minimum atomic E-state index is -1.23. The minimum Gasteiger partial charge on any atom is -0.458 e. The number of hydrogen-bond acceptors (Lipinski definition) is 9. The monoisotopic (exact) mass is 652 g/mol. The van der Waals surface area contributed by atoms with E-state index in [1.807, 2.05) is 12.1 Å². The Bertz CT molecular complexity index is 1290. The van der Waals surface area contributed by atoms with Crippen molar-refractivity contribution in [2.45, 2.75) is 146 Å². The largest absolute Gasteiger partial charge is 0.458 e. The summed E-state index contributed by atoms with van der Waals surface area (Å²) in [7, 11) is 0. The molecule has 4 saturated heterocycles. The quantitative estimate of drug-likeness (QED) is 0.156. The number of carbonyl (C=O) groups is 2. The molecule has 9 atom stereocenters. The fraction of sp³-hybridized carbons (Fsp3) is 0.730. The molecule has 1 amide bonds. The second kappa shape index (κ2) is 13.9. The number of carbonyl (C=O) groups excluding carboxylic acids is 2. The maximum absolute atomic E-state index is 14.1. The maximum Gasteiger partial charge on any atom is 0.327 e. The fourth-order valence-corrected chi connectivity index (χ4v) is 8.80. The summed E-state index contributed by atoms with van der Waals surface area (Å²) in [5, 5.41) is 14.1. The van der Waals surface area contributed by atoms with Crippen LogP contribution in [0.4, 0.5) is 0 Å². The van der Waals surface area contributed by atoms with E-state index in [0.717, 1.165) is 75.3 Å². The molecule has 6 fully saturated rings. The zero-order valence-electron chi connectivity index (χ0n) is 27.9. The minimum absolute atomic E-state index is 0.0905. The lowest BCUT2D eigenvalue weighted by atomic mass is 9.62. The van der Waals surface area contributed by atoms with Gasteiger partial charge >= 0.3 is 5.97 Å². The first-order chi connectivity index (χ1) is 22.9. The highest BCUT2D eigenvalue weighted by Gasteiger charge is 2.76. The van der Waals surface area contributed by atoms with E-state index in [1.54, 1.807) is 5.06 Å². The van der Waals surface area contributed by atoms with Gasteiger partial charge in [-0.15, -0.1) is 0 Å². The molecular formula is C37H52N2O8. The fourth-order valence-electron chi connectivity index (χ4n) is 8.80. The maximum atomic E-state index is 14.1. The molecule has 10 nitrogen and oxygen atoms in total. The molecule has 2 N–H and O–H groups in total. The molecule has 2 saturated carbocycles. The van der Waals surface area contributed by atoms with Crippen LogP contribution in [0, 0.1) is 11.3 Å². The second-order valence-corrected chi connectivity index (χ2v) is 14.6. The summed E-state index contributed by atoms with van der Waals surface area (Å²) in [6.07, 6.45) is 14.5. The van der Waals surface area contributed by atoms with Gasteiger partial charge < -0.3 is 29.4 Å². The number of amides is 1. The van der Waals surface area contributed by atoms with Crippen molar-refractivity contribution in [1.29, 1.82) is 0 Å². The van der Waals surface area contributed by atoms with Gasteiger partial charge in [0.25, 0.3) is 0 Å². The molecular weight excluding hydrogens is 600 g/mol. The third-order valence-electron chi connectivity index (χ3n) is 11.3. The van der Waals surface area contributed by atoms with Crippen LogP contribution in [0.2, 0.25) is 0 Å². The molecule has 0 spiro atoms. The Morgan fingerprint density at radius 3 is 2.45 bits per heavy atom. The Balaban J connectivity index is 1.13. The number of unbranched alkanes of at least 4 members (excludes halogenated alkanes) is 4. The Morgan fingerprint density at radius 1 is 1.00 bits per heavy atom. The Morgan fingerprint density at radius 2 is 1.74 bits per heavy atom. The van der Waals surface area contributed by atoms with Gasteiger partial charge in [0.15, 0.2) is 11.8 Å². The number of aliphatic hydroxyl groups is 1. The molecule has 47 heavy (non-hydrogen) atoms. The van der Waals surface area contributed by atoms with Crippen LogP contribution in [0.3, 0.4) is 0 Å². The van der Waals surface area contributed by atoms with Crippen LogP contribution in [0.15, 0.2) is 30.3 Å². The number of ether oxygens (including phenoxy) is 4. The molecule has 4 heterocycles. The van der Waals surface area contributed by atoms with Crippen LogP contribution in [0.1, 0.15) is 102 Å². The normalized spacial score (nSPS) is 36.6. The average molecular weight is 653 g/mol. The van der Waals surface area contributed by atoms with Crippen molar-refractivity contribution in [3.63, 3.8) is 0 Å². The number of allylic oxidation sites excluding steroid dienone is 1. The van der Waals surface area contributed by atoms with Crippen molar-refractivity contribution in [3.8, 4) is 0 Å². The van der Waals surface area contributed by atoms with E-state index in [1.165, 1.54) is 6.42 Å². The van der Waals surface area contributed by atoms with E-state index in [2.05, 4.69) is 43.4 Å². The first-order valence-electron chi connectivity index (χ1n) is 18.2. The van der Waals surface area contributed by atoms with Gasteiger partial charge in [-0.2, -0.15) is 5.06 Å². The number of aliphatic hydroxyl groups excluding tert-OH is 1. The number of hydrogen-bond donors (Lipinski definition) is 2. The summed E-state index contributed by atoms with van der Waals surface area (Å²) in [5.74, 6) is -1.04. The van der Waals surface area contributed by atoms with Crippen molar-refractivity contribution < 1.29 is 38.5 Å².